The third kappa shape index (κ3) is 5.87. The minimum atomic E-state index is -1.00. The summed E-state index contributed by atoms with van der Waals surface area (Å²) < 4.78 is 0. The number of aliphatic hydroxyl groups is 1. The SMILES string of the molecule is CN(C)CC(C)(O)CNC(=O)Nc1cccnc1Cl. The quantitative estimate of drug-likeness (QED) is 0.710. The third-order valence-corrected chi connectivity index (χ3v) is 2.60. The molecule has 1 aromatic rings. The zero-order chi connectivity index (χ0) is 14.5. The molecule has 1 heterocycles. The molecular formula is C12H19ClN4O2. The Hall–Kier alpha value is -1.37. The van der Waals surface area contributed by atoms with Crippen LogP contribution in [0.1, 0.15) is 6.92 Å². The fourth-order valence-corrected chi connectivity index (χ4v) is 1.82. The molecule has 0 aromatic carbocycles. The van der Waals surface area contributed by atoms with Crippen LogP contribution in [-0.2, 0) is 0 Å². The molecule has 1 unspecified atom stereocenters. The lowest BCUT2D eigenvalue weighted by Crippen LogP contribution is -2.48. The molecule has 1 atom stereocenters. The molecule has 0 aliphatic heterocycles. The molecule has 0 fully saturated rings. The predicted octanol–water partition coefficient (Wildman–Crippen LogP) is 1.17. The summed E-state index contributed by atoms with van der Waals surface area (Å²) >= 11 is 5.82. The number of hydrogen-bond acceptors (Lipinski definition) is 4. The monoisotopic (exact) mass is 286 g/mol. The van der Waals surface area contributed by atoms with Gasteiger partial charge in [-0.15, -0.1) is 0 Å². The normalized spacial score (nSPS) is 14.0. The first kappa shape index (κ1) is 15.7. The lowest BCUT2D eigenvalue weighted by Gasteiger charge is -2.27. The van der Waals surface area contributed by atoms with Gasteiger partial charge in [0.25, 0.3) is 0 Å². The Balaban J connectivity index is 2.46. The Morgan fingerprint density at radius 2 is 2.26 bits per heavy atom. The van der Waals surface area contributed by atoms with Gasteiger partial charge >= 0.3 is 6.03 Å². The Kier molecular flexibility index (Phi) is 5.53. The highest BCUT2D eigenvalue weighted by Gasteiger charge is 2.22. The average Bonchev–Trinajstić information content (AvgIpc) is 2.28. The molecule has 0 aliphatic rings. The molecule has 3 N–H and O–H groups in total. The second-order valence-electron chi connectivity index (χ2n) is 4.88. The van der Waals surface area contributed by atoms with E-state index in [0.717, 1.165) is 0 Å². The van der Waals surface area contributed by atoms with E-state index in [1.54, 1.807) is 19.1 Å². The van der Waals surface area contributed by atoms with E-state index in [2.05, 4.69) is 15.6 Å². The summed E-state index contributed by atoms with van der Waals surface area (Å²) in [5.41, 5.74) is -0.575. The van der Waals surface area contributed by atoms with Crippen LogP contribution >= 0.6 is 11.6 Å². The molecule has 1 aromatic heterocycles. The summed E-state index contributed by atoms with van der Waals surface area (Å²) in [4.78, 5) is 17.4. The van der Waals surface area contributed by atoms with Gasteiger partial charge in [-0.3, -0.25) is 0 Å². The number of amides is 2. The van der Waals surface area contributed by atoms with E-state index in [-0.39, 0.29) is 11.7 Å². The van der Waals surface area contributed by atoms with Crippen molar-refractivity contribution in [3.05, 3.63) is 23.5 Å². The van der Waals surface area contributed by atoms with Crippen LogP contribution < -0.4 is 10.6 Å². The van der Waals surface area contributed by atoms with Gasteiger partial charge in [0.05, 0.1) is 11.3 Å². The van der Waals surface area contributed by atoms with Crippen LogP contribution in [-0.4, -0.2) is 53.8 Å². The maximum Gasteiger partial charge on any atom is 0.319 e. The van der Waals surface area contributed by atoms with Crippen molar-refractivity contribution in [1.29, 1.82) is 0 Å². The summed E-state index contributed by atoms with van der Waals surface area (Å²) in [5.74, 6) is 0. The molecule has 19 heavy (non-hydrogen) atoms. The molecule has 6 nitrogen and oxygen atoms in total. The van der Waals surface area contributed by atoms with Crippen molar-refractivity contribution < 1.29 is 9.90 Å². The Bertz CT molecular complexity index is 437. The molecule has 2 amide bonds. The highest BCUT2D eigenvalue weighted by atomic mass is 35.5. The number of rotatable bonds is 5. The number of urea groups is 1. The maximum absolute atomic E-state index is 11.7. The molecule has 0 saturated heterocycles. The van der Waals surface area contributed by atoms with E-state index in [0.29, 0.717) is 12.2 Å². The number of nitrogens with zero attached hydrogens (tertiary/aromatic N) is 2. The Morgan fingerprint density at radius 1 is 1.58 bits per heavy atom. The number of aromatic nitrogens is 1. The van der Waals surface area contributed by atoms with Gasteiger partial charge in [-0.05, 0) is 33.2 Å². The molecule has 0 saturated carbocycles. The van der Waals surface area contributed by atoms with Crippen LogP contribution in [0.3, 0.4) is 0 Å². The molecule has 0 aliphatic carbocycles. The first-order valence-corrected chi connectivity index (χ1v) is 6.20. The lowest BCUT2D eigenvalue weighted by molar-refractivity contribution is 0.0364. The van der Waals surface area contributed by atoms with E-state index in [1.807, 2.05) is 19.0 Å². The number of carbonyl (C=O) groups excluding carboxylic acids is 1. The fourth-order valence-electron chi connectivity index (χ4n) is 1.65. The molecule has 1 rings (SSSR count). The molecular weight excluding hydrogens is 268 g/mol. The first-order valence-electron chi connectivity index (χ1n) is 5.83. The molecule has 7 heteroatoms. The van der Waals surface area contributed by atoms with Crippen molar-refractivity contribution in [1.82, 2.24) is 15.2 Å². The second-order valence-corrected chi connectivity index (χ2v) is 5.24. The minimum Gasteiger partial charge on any atom is -0.387 e. The van der Waals surface area contributed by atoms with Gasteiger partial charge in [-0.25, -0.2) is 9.78 Å². The van der Waals surface area contributed by atoms with Crippen LogP contribution in [0.5, 0.6) is 0 Å². The van der Waals surface area contributed by atoms with Crippen LogP contribution in [0.4, 0.5) is 10.5 Å². The molecule has 0 spiro atoms. The van der Waals surface area contributed by atoms with Crippen LogP contribution in [0, 0.1) is 0 Å². The number of hydrogen-bond donors (Lipinski definition) is 3. The van der Waals surface area contributed by atoms with Crippen molar-refractivity contribution in [2.24, 2.45) is 0 Å². The Labute approximate surface area is 117 Å². The number of anilines is 1. The maximum atomic E-state index is 11.7. The van der Waals surface area contributed by atoms with Gasteiger partial charge < -0.3 is 20.6 Å². The highest BCUT2D eigenvalue weighted by Crippen LogP contribution is 2.17. The standard InChI is InChI=1S/C12H19ClN4O2/c1-12(19,8-17(2)3)7-15-11(18)16-9-5-4-6-14-10(9)13/h4-6,19H,7-8H2,1-3H3,(H2,15,16,18). The van der Waals surface area contributed by atoms with Crippen molar-refractivity contribution in [3.8, 4) is 0 Å². The van der Waals surface area contributed by atoms with Crippen molar-refractivity contribution in [3.63, 3.8) is 0 Å². The lowest BCUT2D eigenvalue weighted by atomic mass is 10.1. The predicted molar refractivity (Wildman–Crippen MR) is 75.4 cm³/mol. The number of pyridine rings is 1. The summed E-state index contributed by atoms with van der Waals surface area (Å²) in [6, 6.07) is 2.88. The Morgan fingerprint density at radius 3 is 2.84 bits per heavy atom. The number of carbonyl (C=O) groups is 1. The van der Waals surface area contributed by atoms with Gasteiger partial charge in [-0.1, -0.05) is 11.6 Å². The van der Waals surface area contributed by atoms with Gasteiger partial charge in [-0.2, -0.15) is 0 Å². The van der Waals surface area contributed by atoms with Gasteiger partial charge in [0, 0.05) is 19.3 Å². The number of likely N-dealkylation sites (N-methyl/N-ethyl adjacent to an activating group) is 1. The number of halogens is 1. The van der Waals surface area contributed by atoms with E-state index in [1.165, 1.54) is 6.20 Å². The van der Waals surface area contributed by atoms with Gasteiger partial charge in [0.1, 0.15) is 0 Å². The molecule has 0 bridgehead atoms. The largest absolute Gasteiger partial charge is 0.387 e. The van der Waals surface area contributed by atoms with Crippen LogP contribution in [0.2, 0.25) is 5.15 Å². The van der Waals surface area contributed by atoms with E-state index >= 15 is 0 Å². The van der Waals surface area contributed by atoms with E-state index < -0.39 is 11.6 Å². The third-order valence-electron chi connectivity index (χ3n) is 2.29. The zero-order valence-corrected chi connectivity index (χ0v) is 12.0. The summed E-state index contributed by atoms with van der Waals surface area (Å²) in [6.07, 6.45) is 1.54. The van der Waals surface area contributed by atoms with Crippen LogP contribution in [0.15, 0.2) is 18.3 Å². The fraction of sp³-hybridized carbons (Fsp3) is 0.500. The first-order chi connectivity index (χ1) is 8.80. The van der Waals surface area contributed by atoms with Crippen LogP contribution in [0.25, 0.3) is 0 Å². The average molecular weight is 287 g/mol. The van der Waals surface area contributed by atoms with Crippen molar-refractivity contribution in [2.75, 3.05) is 32.5 Å². The summed E-state index contributed by atoms with van der Waals surface area (Å²) in [5, 5.41) is 15.4. The van der Waals surface area contributed by atoms with E-state index in [4.69, 9.17) is 11.6 Å². The second kappa shape index (κ2) is 6.70. The summed E-state index contributed by atoms with van der Waals surface area (Å²) in [6.45, 7) is 2.24. The molecule has 106 valence electrons. The smallest absolute Gasteiger partial charge is 0.319 e. The molecule has 0 radical (unpaired) electrons. The zero-order valence-electron chi connectivity index (χ0n) is 11.3. The number of nitrogens with one attached hydrogen (secondary N) is 2. The van der Waals surface area contributed by atoms with Crippen molar-refractivity contribution >= 4 is 23.3 Å². The minimum absolute atomic E-state index is 0.134. The van der Waals surface area contributed by atoms with Crippen molar-refractivity contribution in [2.45, 2.75) is 12.5 Å². The highest BCUT2D eigenvalue weighted by molar-refractivity contribution is 6.32. The van der Waals surface area contributed by atoms with E-state index in [9.17, 15) is 9.90 Å². The van der Waals surface area contributed by atoms with Gasteiger partial charge in [0.2, 0.25) is 0 Å². The summed E-state index contributed by atoms with van der Waals surface area (Å²) in [7, 11) is 3.70. The topological polar surface area (TPSA) is 77.5 Å². The van der Waals surface area contributed by atoms with Gasteiger partial charge in [0.15, 0.2) is 5.15 Å².